The SMILES string of the molecule is C=CCn1nc(C(=O)N2CCSCC2)c2c1CC[C@@H](NCc1ccc(F)c(F)c1)C2. The number of benzene rings is 1. The molecule has 1 atom stereocenters. The van der Waals surface area contributed by atoms with Gasteiger partial charge in [0.15, 0.2) is 17.3 Å². The van der Waals surface area contributed by atoms with Gasteiger partial charge in [-0.3, -0.25) is 9.48 Å². The molecule has 0 radical (unpaired) electrons. The first-order valence-corrected chi connectivity index (χ1v) is 11.5. The van der Waals surface area contributed by atoms with E-state index < -0.39 is 11.6 Å². The van der Waals surface area contributed by atoms with Crippen molar-refractivity contribution < 1.29 is 13.6 Å². The van der Waals surface area contributed by atoms with E-state index in [1.807, 2.05) is 21.3 Å². The van der Waals surface area contributed by atoms with Gasteiger partial charge in [0, 0.05) is 48.4 Å². The van der Waals surface area contributed by atoms with Crippen LogP contribution in [0.5, 0.6) is 0 Å². The molecular formula is C22H26F2N4OS. The van der Waals surface area contributed by atoms with Crippen LogP contribution in [0.25, 0.3) is 0 Å². The number of amides is 1. The number of carbonyl (C=O) groups excluding carboxylic acids is 1. The van der Waals surface area contributed by atoms with Gasteiger partial charge in [-0.15, -0.1) is 6.58 Å². The number of nitrogens with one attached hydrogen (secondary N) is 1. The molecule has 1 amide bonds. The highest BCUT2D eigenvalue weighted by molar-refractivity contribution is 7.99. The molecular weight excluding hydrogens is 406 g/mol. The Balaban J connectivity index is 1.51. The average Bonchev–Trinajstić information content (AvgIpc) is 3.12. The third-order valence-electron chi connectivity index (χ3n) is 5.73. The minimum Gasteiger partial charge on any atom is -0.336 e. The summed E-state index contributed by atoms with van der Waals surface area (Å²) in [5.41, 5.74) is 3.37. The van der Waals surface area contributed by atoms with Crippen molar-refractivity contribution in [2.24, 2.45) is 0 Å². The van der Waals surface area contributed by atoms with E-state index in [2.05, 4.69) is 17.0 Å². The zero-order chi connectivity index (χ0) is 21.1. The normalized spacial score (nSPS) is 18.9. The Kier molecular flexibility index (Phi) is 6.53. The molecule has 1 N–H and O–H groups in total. The quantitative estimate of drug-likeness (QED) is 0.713. The van der Waals surface area contributed by atoms with Gasteiger partial charge in [-0.25, -0.2) is 8.78 Å². The van der Waals surface area contributed by atoms with Crippen molar-refractivity contribution in [2.45, 2.75) is 38.4 Å². The Labute approximate surface area is 179 Å². The molecule has 8 heteroatoms. The smallest absolute Gasteiger partial charge is 0.274 e. The van der Waals surface area contributed by atoms with Crippen LogP contribution in [0, 0.1) is 11.6 Å². The van der Waals surface area contributed by atoms with E-state index in [-0.39, 0.29) is 11.9 Å². The summed E-state index contributed by atoms with van der Waals surface area (Å²) in [5, 5.41) is 8.10. The number of carbonyl (C=O) groups is 1. The first-order valence-electron chi connectivity index (χ1n) is 10.3. The Morgan fingerprint density at radius 3 is 2.83 bits per heavy atom. The molecule has 1 aromatic heterocycles. The van der Waals surface area contributed by atoms with Crippen LogP contribution in [0.1, 0.15) is 33.7 Å². The lowest BCUT2D eigenvalue weighted by molar-refractivity contribution is 0.0764. The van der Waals surface area contributed by atoms with Gasteiger partial charge in [0.1, 0.15) is 0 Å². The molecule has 4 rings (SSSR count). The summed E-state index contributed by atoms with van der Waals surface area (Å²) in [6.45, 7) is 6.35. The standard InChI is InChI=1S/C22H26F2N4OS/c1-2-7-28-20-6-4-16(25-14-15-3-5-18(23)19(24)12-15)13-17(20)21(26-28)22(29)27-8-10-30-11-9-27/h2-3,5,12,16,25H,1,4,6-11,13-14H2/t16-/m1/s1. The molecule has 1 aliphatic carbocycles. The highest BCUT2D eigenvalue weighted by atomic mass is 32.2. The number of nitrogens with zero attached hydrogens (tertiary/aromatic N) is 3. The summed E-state index contributed by atoms with van der Waals surface area (Å²) < 4.78 is 28.5. The Morgan fingerprint density at radius 2 is 2.10 bits per heavy atom. The van der Waals surface area contributed by atoms with E-state index in [1.165, 1.54) is 6.07 Å². The predicted octanol–water partition coefficient (Wildman–Crippen LogP) is 3.18. The molecule has 1 aromatic carbocycles. The molecule has 1 fully saturated rings. The van der Waals surface area contributed by atoms with Gasteiger partial charge >= 0.3 is 0 Å². The molecule has 0 saturated carbocycles. The molecule has 5 nitrogen and oxygen atoms in total. The maximum atomic E-state index is 13.5. The van der Waals surface area contributed by atoms with Gasteiger partial charge in [-0.05, 0) is 37.0 Å². The second-order valence-electron chi connectivity index (χ2n) is 7.72. The van der Waals surface area contributed by atoms with Gasteiger partial charge in [0.05, 0.1) is 6.54 Å². The first kappa shape index (κ1) is 21.1. The number of aromatic nitrogens is 2. The highest BCUT2D eigenvalue weighted by Crippen LogP contribution is 2.27. The van der Waals surface area contributed by atoms with Gasteiger partial charge in [-0.1, -0.05) is 12.1 Å². The molecule has 2 aromatic rings. The van der Waals surface area contributed by atoms with Crippen molar-refractivity contribution in [1.82, 2.24) is 20.0 Å². The number of fused-ring (bicyclic) bond motifs is 1. The average molecular weight is 433 g/mol. The van der Waals surface area contributed by atoms with Crippen LogP contribution in [-0.4, -0.2) is 51.2 Å². The van der Waals surface area contributed by atoms with Gasteiger partial charge in [0.2, 0.25) is 0 Å². The zero-order valence-electron chi connectivity index (χ0n) is 16.9. The second-order valence-corrected chi connectivity index (χ2v) is 8.94. The summed E-state index contributed by atoms with van der Waals surface area (Å²) >= 11 is 1.87. The summed E-state index contributed by atoms with van der Waals surface area (Å²) in [6, 6.07) is 4.11. The minimum atomic E-state index is -0.838. The van der Waals surface area contributed by atoms with E-state index in [1.54, 1.807) is 12.1 Å². The molecule has 2 aliphatic rings. The van der Waals surface area contributed by atoms with E-state index in [4.69, 9.17) is 0 Å². The van der Waals surface area contributed by atoms with Crippen LogP contribution in [0.15, 0.2) is 30.9 Å². The minimum absolute atomic E-state index is 0.00983. The summed E-state index contributed by atoms with van der Waals surface area (Å²) in [6.07, 6.45) is 4.20. The number of halogens is 2. The molecule has 1 aliphatic heterocycles. The topological polar surface area (TPSA) is 50.2 Å². The van der Waals surface area contributed by atoms with Crippen LogP contribution in [0.2, 0.25) is 0 Å². The van der Waals surface area contributed by atoms with E-state index in [0.717, 1.165) is 54.8 Å². The lowest BCUT2D eigenvalue weighted by Crippen LogP contribution is -2.39. The summed E-state index contributed by atoms with van der Waals surface area (Å²) in [5.74, 6) is 0.253. The zero-order valence-corrected chi connectivity index (χ0v) is 17.7. The first-order chi connectivity index (χ1) is 14.6. The monoisotopic (exact) mass is 432 g/mol. The third-order valence-corrected chi connectivity index (χ3v) is 6.67. The Morgan fingerprint density at radius 1 is 1.30 bits per heavy atom. The van der Waals surface area contributed by atoms with Crippen molar-refractivity contribution in [3.8, 4) is 0 Å². The summed E-state index contributed by atoms with van der Waals surface area (Å²) in [7, 11) is 0. The van der Waals surface area contributed by atoms with E-state index >= 15 is 0 Å². The number of allylic oxidation sites excluding steroid dienone is 1. The second kappa shape index (κ2) is 9.31. The van der Waals surface area contributed by atoms with Gasteiger partial charge in [-0.2, -0.15) is 16.9 Å². The molecule has 0 unspecified atom stereocenters. The highest BCUT2D eigenvalue weighted by Gasteiger charge is 2.31. The number of thioether (sulfide) groups is 1. The third kappa shape index (κ3) is 4.44. The number of rotatable bonds is 6. The molecule has 30 heavy (non-hydrogen) atoms. The summed E-state index contributed by atoms with van der Waals surface area (Å²) in [4.78, 5) is 15.1. The Hall–Kier alpha value is -2.19. The van der Waals surface area contributed by atoms with Crippen LogP contribution < -0.4 is 5.32 Å². The van der Waals surface area contributed by atoms with Crippen LogP contribution in [0.3, 0.4) is 0 Å². The lowest BCUT2D eigenvalue weighted by Gasteiger charge is -2.27. The number of hydrogen-bond acceptors (Lipinski definition) is 4. The van der Waals surface area contributed by atoms with Crippen molar-refractivity contribution in [1.29, 1.82) is 0 Å². The van der Waals surface area contributed by atoms with Gasteiger partial charge < -0.3 is 10.2 Å². The largest absolute Gasteiger partial charge is 0.336 e. The molecule has 2 heterocycles. The van der Waals surface area contributed by atoms with E-state index in [0.29, 0.717) is 30.8 Å². The van der Waals surface area contributed by atoms with E-state index in [9.17, 15) is 13.6 Å². The maximum absolute atomic E-state index is 13.5. The maximum Gasteiger partial charge on any atom is 0.274 e. The van der Waals surface area contributed by atoms with Crippen LogP contribution in [0.4, 0.5) is 8.78 Å². The fraction of sp³-hybridized carbons (Fsp3) is 0.455. The van der Waals surface area contributed by atoms with Crippen LogP contribution >= 0.6 is 11.8 Å². The van der Waals surface area contributed by atoms with Crippen molar-refractivity contribution >= 4 is 17.7 Å². The van der Waals surface area contributed by atoms with Crippen molar-refractivity contribution in [3.05, 3.63) is 65.0 Å². The molecule has 160 valence electrons. The van der Waals surface area contributed by atoms with Gasteiger partial charge in [0.25, 0.3) is 5.91 Å². The number of hydrogen-bond donors (Lipinski definition) is 1. The Bertz CT molecular complexity index is 939. The fourth-order valence-corrected chi connectivity index (χ4v) is 5.04. The van der Waals surface area contributed by atoms with Crippen LogP contribution in [-0.2, 0) is 25.9 Å². The lowest BCUT2D eigenvalue weighted by atomic mass is 9.91. The van der Waals surface area contributed by atoms with Crippen molar-refractivity contribution in [3.63, 3.8) is 0 Å². The molecule has 0 spiro atoms. The molecule has 1 saturated heterocycles. The fourth-order valence-electron chi connectivity index (χ4n) is 4.14. The van der Waals surface area contributed by atoms with Crippen molar-refractivity contribution in [2.75, 3.05) is 24.6 Å². The predicted molar refractivity (Wildman–Crippen MR) is 115 cm³/mol. The molecule has 0 bridgehead atoms.